The molecule has 0 heterocycles. The highest BCUT2D eigenvalue weighted by molar-refractivity contribution is 5.10. The van der Waals surface area contributed by atoms with E-state index in [2.05, 4.69) is 0 Å². The van der Waals surface area contributed by atoms with E-state index in [0.29, 0.717) is 0 Å². The van der Waals surface area contributed by atoms with Gasteiger partial charge >= 0.3 is 5.92 Å². The molecule has 1 aliphatic rings. The molecule has 0 aromatic carbocycles. The third kappa shape index (κ3) is 1.66. The molecule has 4 unspecified atom stereocenters. The number of allylic oxidation sites excluding steroid dienone is 2. The summed E-state index contributed by atoms with van der Waals surface area (Å²) in [4.78, 5) is 0. The van der Waals surface area contributed by atoms with Crippen molar-refractivity contribution in [3.05, 3.63) is 12.2 Å². The topological polar surface area (TPSA) is 0 Å². The number of alkyl halides is 6. The molecule has 4 atom stereocenters. The molecular formula is C7H6F6. The minimum atomic E-state index is -4.62. The SMILES string of the molecule is FC1C=CC(F)C(F)C(F)(F)C1F. The van der Waals surface area contributed by atoms with E-state index < -0.39 is 30.6 Å². The Morgan fingerprint density at radius 2 is 1.08 bits per heavy atom. The zero-order chi connectivity index (χ0) is 10.2. The number of hydrogen-bond acceptors (Lipinski definition) is 0. The Bertz CT molecular complexity index is 193. The van der Waals surface area contributed by atoms with Crippen molar-refractivity contribution < 1.29 is 26.3 Å². The van der Waals surface area contributed by atoms with Crippen LogP contribution >= 0.6 is 0 Å². The monoisotopic (exact) mass is 204 g/mol. The predicted octanol–water partition coefficient (Wildman–Crippen LogP) is 2.54. The van der Waals surface area contributed by atoms with Crippen molar-refractivity contribution in [3.8, 4) is 0 Å². The number of halogens is 6. The van der Waals surface area contributed by atoms with Gasteiger partial charge in [-0.25, -0.2) is 17.6 Å². The molecule has 0 spiro atoms. The standard InChI is InChI=1S/C7H6F6/c8-3-1-2-4(9)6(11)7(12,13)5(3)10/h1-6H. The zero-order valence-electron chi connectivity index (χ0n) is 6.23. The van der Waals surface area contributed by atoms with Crippen molar-refractivity contribution in [2.24, 2.45) is 0 Å². The zero-order valence-corrected chi connectivity index (χ0v) is 6.23. The van der Waals surface area contributed by atoms with Crippen LogP contribution in [0, 0.1) is 0 Å². The molecule has 0 fully saturated rings. The Balaban J connectivity index is 2.97. The van der Waals surface area contributed by atoms with Gasteiger partial charge in [-0.15, -0.1) is 0 Å². The summed E-state index contributed by atoms with van der Waals surface area (Å²) in [5.74, 6) is -4.62. The molecule has 0 saturated carbocycles. The fraction of sp³-hybridized carbons (Fsp3) is 0.714. The van der Waals surface area contributed by atoms with Gasteiger partial charge in [0.15, 0.2) is 12.3 Å². The molecule has 13 heavy (non-hydrogen) atoms. The second-order valence-electron chi connectivity index (χ2n) is 2.75. The van der Waals surface area contributed by atoms with Crippen molar-refractivity contribution >= 4 is 0 Å². The number of rotatable bonds is 0. The van der Waals surface area contributed by atoms with E-state index in [1.165, 1.54) is 0 Å². The number of hydrogen-bond donors (Lipinski definition) is 0. The van der Waals surface area contributed by atoms with Gasteiger partial charge in [-0.3, -0.25) is 0 Å². The second-order valence-corrected chi connectivity index (χ2v) is 2.75. The molecule has 0 radical (unpaired) electrons. The van der Waals surface area contributed by atoms with Gasteiger partial charge in [-0.1, -0.05) is 0 Å². The van der Waals surface area contributed by atoms with Gasteiger partial charge in [0.1, 0.15) is 0 Å². The average Bonchev–Trinajstić information content (AvgIpc) is 2.14. The van der Waals surface area contributed by atoms with Crippen LogP contribution in [0.25, 0.3) is 0 Å². The first kappa shape index (κ1) is 10.4. The minimum absolute atomic E-state index is 0.267. The van der Waals surface area contributed by atoms with Crippen molar-refractivity contribution in [1.29, 1.82) is 0 Å². The third-order valence-corrected chi connectivity index (χ3v) is 1.77. The van der Waals surface area contributed by atoms with Crippen LogP contribution in [0.15, 0.2) is 12.2 Å². The predicted molar refractivity (Wildman–Crippen MR) is 33.7 cm³/mol. The minimum Gasteiger partial charge on any atom is -0.239 e. The molecule has 1 aliphatic carbocycles. The molecule has 0 aromatic heterocycles. The van der Waals surface area contributed by atoms with Gasteiger partial charge in [0, 0.05) is 0 Å². The van der Waals surface area contributed by atoms with Gasteiger partial charge in [0.2, 0.25) is 12.3 Å². The fourth-order valence-corrected chi connectivity index (χ4v) is 0.984. The summed E-state index contributed by atoms with van der Waals surface area (Å²) in [6.07, 6.45) is -11.5. The van der Waals surface area contributed by atoms with Crippen LogP contribution in [0.1, 0.15) is 0 Å². The van der Waals surface area contributed by atoms with Gasteiger partial charge in [-0.2, -0.15) is 8.78 Å². The second kappa shape index (κ2) is 3.23. The highest BCUT2D eigenvalue weighted by atomic mass is 19.3. The van der Waals surface area contributed by atoms with E-state index in [-0.39, 0.29) is 12.2 Å². The average molecular weight is 204 g/mol. The molecule has 0 aromatic rings. The van der Waals surface area contributed by atoms with Crippen molar-refractivity contribution in [3.63, 3.8) is 0 Å². The van der Waals surface area contributed by atoms with E-state index in [1.54, 1.807) is 0 Å². The maximum Gasteiger partial charge on any atom is 0.315 e. The lowest BCUT2D eigenvalue weighted by Gasteiger charge is -2.23. The van der Waals surface area contributed by atoms with E-state index >= 15 is 0 Å². The largest absolute Gasteiger partial charge is 0.315 e. The molecule has 76 valence electrons. The van der Waals surface area contributed by atoms with Crippen molar-refractivity contribution in [1.82, 2.24) is 0 Å². The summed E-state index contributed by atoms with van der Waals surface area (Å²) in [5.41, 5.74) is 0. The Kier molecular flexibility index (Phi) is 2.58. The lowest BCUT2D eigenvalue weighted by atomic mass is 10.1. The molecule has 1 rings (SSSR count). The van der Waals surface area contributed by atoms with Crippen LogP contribution in [0.5, 0.6) is 0 Å². The normalized spacial score (nSPS) is 44.5. The lowest BCUT2D eigenvalue weighted by Crippen LogP contribution is -2.46. The molecule has 0 bridgehead atoms. The quantitative estimate of drug-likeness (QED) is 0.420. The van der Waals surface area contributed by atoms with Crippen LogP contribution in [0.2, 0.25) is 0 Å². The summed E-state index contributed by atoms with van der Waals surface area (Å²) in [6.45, 7) is 0. The third-order valence-electron chi connectivity index (χ3n) is 1.77. The highest BCUT2D eigenvalue weighted by Gasteiger charge is 2.56. The van der Waals surface area contributed by atoms with Gasteiger partial charge < -0.3 is 0 Å². The summed E-state index contributed by atoms with van der Waals surface area (Å²) < 4.78 is 74.7. The molecular weight excluding hydrogens is 198 g/mol. The first-order valence-electron chi connectivity index (χ1n) is 3.49. The lowest BCUT2D eigenvalue weighted by molar-refractivity contribution is -0.149. The Labute approximate surface area is 70.2 Å². The Morgan fingerprint density at radius 3 is 1.38 bits per heavy atom. The molecule has 0 N–H and O–H groups in total. The van der Waals surface area contributed by atoms with Crippen molar-refractivity contribution in [2.45, 2.75) is 30.6 Å². The van der Waals surface area contributed by atoms with Crippen LogP contribution < -0.4 is 0 Å². The molecule has 0 amide bonds. The summed E-state index contributed by atoms with van der Waals surface area (Å²) in [7, 11) is 0. The summed E-state index contributed by atoms with van der Waals surface area (Å²) in [6, 6.07) is 0. The molecule has 0 aliphatic heterocycles. The van der Waals surface area contributed by atoms with E-state index in [0.717, 1.165) is 0 Å². The molecule has 0 nitrogen and oxygen atoms in total. The summed E-state index contributed by atoms with van der Waals surface area (Å²) in [5, 5.41) is 0. The van der Waals surface area contributed by atoms with Gasteiger partial charge in [-0.05, 0) is 12.2 Å². The Hall–Kier alpha value is -0.680. The van der Waals surface area contributed by atoms with Crippen LogP contribution in [-0.2, 0) is 0 Å². The van der Waals surface area contributed by atoms with E-state index in [1.807, 2.05) is 0 Å². The fourth-order valence-electron chi connectivity index (χ4n) is 0.984. The van der Waals surface area contributed by atoms with Crippen LogP contribution in [0.4, 0.5) is 26.3 Å². The molecule has 0 saturated heterocycles. The maximum atomic E-state index is 12.5. The van der Waals surface area contributed by atoms with Crippen LogP contribution in [0.3, 0.4) is 0 Å². The maximum absolute atomic E-state index is 12.5. The van der Waals surface area contributed by atoms with Crippen LogP contribution in [-0.4, -0.2) is 30.6 Å². The Morgan fingerprint density at radius 1 is 0.769 bits per heavy atom. The first-order chi connectivity index (χ1) is 5.87. The van der Waals surface area contributed by atoms with E-state index in [9.17, 15) is 26.3 Å². The highest BCUT2D eigenvalue weighted by Crippen LogP contribution is 2.36. The van der Waals surface area contributed by atoms with E-state index in [4.69, 9.17) is 0 Å². The van der Waals surface area contributed by atoms with Gasteiger partial charge in [0.05, 0.1) is 0 Å². The van der Waals surface area contributed by atoms with Gasteiger partial charge in [0.25, 0.3) is 0 Å². The molecule has 6 heteroatoms. The first-order valence-corrected chi connectivity index (χ1v) is 3.49. The smallest absolute Gasteiger partial charge is 0.239 e. The summed E-state index contributed by atoms with van der Waals surface area (Å²) >= 11 is 0. The van der Waals surface area contributed by atoms with Crippen molar-refractivity contribution in [2.75, 3.05) is 0 Å².